The smallest absolute Gasteiger partial charge is 0.146 e. The molecule has 0 amide bonds. The summed E-state index contributed by atoms with van der Waals surface area (Å²) in [7, 11) is 1.64. The lowest BCUT2D eigenvalue weighted by Crippen LogP contribution is -2.02. The van der Waals surface area contributed by atoms with Gasteiger partial charge in [-0.1, -0.05) is 37.6 Å². The summed E-state index contributed by atoms with van der Waals surface area (Å²) in [6.07, 6.45) is 4.04. The Labute approximate surface area is 165 Å². The highest BCUT2D eigenvalue weighted by molar-refractivity contribution is 9.10. The Kier molecular flexibility index (Phi) is 9.16. The van der Waals surface area contributed by atoms with Gasteiger partial charge in [-0.25, -0.2) is 0 Å². The molecule has 0 radical (unpaired) electrons. The van der Waals surface area contributed by atoms with Gasteiger partial charge in [0.1, 0.15) is 12.5 Å². The molecule has 0 atom stereocenters. The van der Waals surface area contributed by atoms with Crippen LogP contribution in [0.15, 0.2) is 40.9 Å². The van der Waals surface area contributed by atoms with Crippen molar-refractivity contribution in [1.82, 2.24) is 0 Å². The Hall–Kier alpha value is -1.36. The zero-order valence-electron chi connectivity index (χ0n) is 16.0. The van der Waals surface area contributed by atoms with Crippen LogP contribution in [0.5, 0.6) is 5.75 Å². The summed E-state index contributed by atoms with van der Waals surface area (Å²) in [6.45, 7) is 6.12. The van der Waals surface area contributed by atoms with Gasteiger partial charge in [-0.3, -0.25) is 0 Å². The van der Waals surface area contributed by atoms with E-state index in [1.54, 1.807) is 7.11 Å². The molecule has 0 spiro atoms. The van der Waals surface area contributed by atoms with Gasteiger partial charge in [-0.05, 0) is 76.5 Å². The molecule has 0 heterocycles. The van der Waals surface area contributed by atoms with Crippen molar-refractivity contribution in [3.8, 4) is 5.75 Å². The topological polar surface area (TPSA) is 27.7 Å². The fraction of sp³-hybridized carbons (Fsp3) is 0.455. The molecule has 142 valence electrons. The van der Waals surface area contributed by atoms with Gasteiger partial charge in [0.15, 0.2) is 0 Å². The van der Waals surface area contributed by atoms with Crippen LogP contribution in [0.3, 0.4) is 0 Å². The Morgan fingerprint density at radius 1 is 1.00 bits per heavy atom. The van der Waals surface area contributed by atoms with E-state index in [1.807, 2.05) is 0 Å². The first-order valence-corrected chi connectivity index (χ1v) is 9.99. The molecule has 0 aromatic heterocycles. The Balaban J connectivity index is 1.96. The second kappa shape index (κ2) is 11.4. The molecule has 2 aromatic rings. The monoisotopic (exact) mass is 420 g/mol. The molecule has 3 nitrogen and oxygen atoms in total. The maximum atomic E-state index is 5.87. The van der Waals surface area contributed by atoms with E-state index in [0.29, 0.717) is 13.4 Å². The number of ether oxygens (including phenoxy) is 3. The van der Waals surface area contributed by atoms with Crippen LogP contribution in [0, 0.1) is 6.92 Å². The summed E-state index contributed by atoms with van der Waals surface area (Å²) in [5, 5.41) is 0. The lowest BCUT2D eigenvalue weighted by atomic mass is 9.99. The highest BCUT2D eigenvalue weighted by Crippen LogP contribution is 2.30. The Bertz CT molecular complexity index is 668. The van der Waals surface area contributed by atoms with Gasteiger partial charge in [0.25, 0.3) is 0 Å². The van der Waals surface area contributed by atoms with E-state index in [0.717, 1.165) is 42.5 Å². The molecule has 26 heavy (non-hydrogen) atoms. The second-order valence-electron chi connectivity index (χ2n) is 6.47. The minimum absolute atomic E-state index is 0.352. The number of aryl methyl sites for hydroxylation is 1. The van der Waals surface area contributed by atoms with Crippen LogP contribution >= 0.6 is 15.9 Å². The molecular weight excluding hydrogens is 392 g/mol. The molecular formula is C22H29BrO3. The van der Waals surface area contributed by atoms with E-state index in [1.165, 1.54) is 22.3 Å². The third-order valence-corrected chi connectivity index (χ3v) is 4.92. The summed E-state index contributed by atoms with van der Waals surface area (Å²) in [4.78, 5) is 0. The largest absolute Gasteiger partial charge is 0.492 e. The van der Waals surface area contributed by atoms with Gasteiger partial charge in [0.05, 0.1) is 17.7 Å². The van der Waals surface area contributed by atoms with Crippen molar-refractivity contribution in [2.45, 2.75) is 39.5 Å². The molecule has 0 saturated carbocycles. The maximum Gasteiger partial charge on any atom is 0.146 e. The predicted octanol–water partition coefficient (Wildman–Crippen LogP) is 5.69. The van der Waals surface area contributed by atoms with Gasteiger partial charge >= 0.3 is 0 Å². The SMILES string of the molecule is CCCCOc1cc(C)c(Cc2ccc(CCOCOC)cc2)cc1Br. The van der Waals surface area contributed by atoms with Crippen LogP contribution in [0.4, 0.5) is 0 Å². The summed E-state index contributed by atoms with van der Waals surface area (Å²) in [5.74, 6) is 0.936. The number of methoxy groups -OCH3 is 1. The van der Waals surface area contributed by atoms with Crippen molar-refractivity contribution in [2.75, 3.05) is 27.1 Å². The standard InChI is InChI=1S/C22H29BrO3/c1-4-5-11-26-22-13-17(2)20(15-21(22)23)14-19-8-6-18(7-9-19)10-12-25-16-24-3/h6-9,13,15H,4-5,10-12,14,16H2,1-3H3. The van der Waals surface area contributed by atoms with Gasteiger partial charge in [0, 0.05) is 7.11 Å². The number of hydrogen-bond donors (Lipinski definition) is 0. The van der Waals surface area contributed by atoms with E-state index in [2.05, 4.69) is 66.2 Å². The van der Waals surface area contributed by atoms with Crippen LogP contribution in [-0.2, 0) is 22.3 Å². The average molecular weight is 421 g/mol. The molecule has 0 saturated heterocycles. The maximum absolute atomic E-state index is 5.87. The van der Waals surface area contributed by atoms with E-state index >= 15 is 0 Å². The minimum Gasteiger partial charge on any atom is -0.492 e. The Morgan fingerprint density at radius 2 is 1.73 bits per heavy atom. The minimum atomic E-state index is 0.352. The van der Waals surface area contributed by atoms with E-state index < -0.39 is 0 Å². The first kappa shape index (κ1) is 20.9. The van der Waals surface area contributed by atoms with Crippen LogP contribution in [0.1, 0.15) is 42.0 Å². The average Bonchev–Trinajstić information content (AvgIpc) is 2.64. The molecule has 0 bridgehead atoms. The summed E-state index contributed by atoms with van der Waals surface area (Å²) < 4.78 is 17.1. The molecule has 2 aromatic carbocycles. The molecule has 0 unspecified atom stereocenters. The highest BCUT2D eigenvalue weighted by Gasteiger charge is 2.08. The van der Waals surface area contributed by atoms with Crippen molar-refractivity contribution in [3.63, 3.8) is 0 Å². The highest BCUT2D eigenvalue weighted by atomic mass is 79.9. The fourth-order valence-corrected chi connectivity index (χ4v) is 3.20. The first-order valence-electron chi connectivity index (χ1n) is 9.20. The van der Waals surface area contributed by atoms with Crippen molar-refractivity contribution >= 4 is 15.9 Å². The van der Waals surface area contributed by atoms with E-state index in [9.17, 15) is 0 Å². The number of unbranched alkanes of at least 4 members (excludes halogenated alkanes) is 1. The number of halogens is 1. The third-order valence-electron chi connectivity index (χ3n) is 4.30. The lowest BCUT2D eigenvalue weighted by molar-refractivity contribution is -0.0291. The molecule has 0 aliphatic carbocycles. The number of rotatable bonds is 11. The van der Waals surface area contributed by atoms with Crippen molar-refractivity contribution in [3.05, 3.63) is 63.1 Å². The van der Waals surface area contributed by atoms with Gasteiger partial charge in [-0.15, -0.1) is 0 Å². The van der Waals surface area contributed by atoms with Crippen LogP contribution in [0.25, 0.3) is 0 Å². The number of benzene rings is 2. The van der Waals surface area contributed by atoms with E-state index in [-0.39, 0.29) is 0 Å². The first-order chi connectivity index (χ1) is 12.6. The quantitative estimate of drug-likeness (QED) is 0.345. The predicted molar refractivity (Wildman–Crippen MR) is 110 cm³/mol. The molecule has 0 N–H and O–H groups in total. The van der Waals surface area contributed by atoms with Crippen molar-refractivity contribution < 1.29 is 14.2 Å². The van der Waals surface area contributed by atoms with Gasteiger partial charge in [-0.2, -0.15) is 0 Å². The van der Waals surface area contributed by atoms with Gasteiger partial charge < -0.3 is 14.2 Å². The van der Waals surface area contributed by atoms with Crippen molar-refractivity contribution in [1.29, 1.82) is 0 Å². The molecule has 0 aliphatic rings. The van der Waals surface area contributed by atoms with E-state index in [4.69, 9.17) is 14.2 Å². The van der Waals surface area contributed by atoms with Gasteiger partial charge in [0.2, 0.25) is 0 Å². The number of hydrogen-bond acceptors (Lipinski definition) is 3. The van der Waals surface area contributed by atoms with Crippen LogP contribution in [0.2, 0.25) is 0 Å². The third kappa shape index (κ3) is 6.75. The summed E-state index contributed by atoms with van der Waals surface area (Å²) in [5.41, 5.74) is 5.16. The molecule has 4 heteroatoms. The van der Waals surface area contributed by atoms with Crippen molar-refractivity contribution in [2.24, 2.45) is 0 Å². The zero-order valence-corrected chi connectivity index (χ0v) is 17.6. The Morgan fingerprint density at radius 3 is 2.42 bits per heavy atom. The molecule has 0 aliphatic heterocycles. The zero-order chi connectivity index (χ0) is 18.8. The van der Waals surface area contributed by atoms with Crippen LogP contribution < -0.4 is 4.74 Å². The fourth-order valence-electron chi connectivity index (χ4n) is 2.70. The van der Waals surface area contributed by atoms with Crippen LogP contribution in [-0.4, -0.2) is 27.1 Å². The summed E-state index contributed by atoms with van der Waals surface area (Å²) >= 11 is 3.65. The molecule has 0 fully saturated rings. The summed E-state index contributed by atoms with van der Waals surface area (Å²) in [6, 6.07) is 13.1. The lowest BCUT2D eigenvalue weighted by Gasteiger charge is -2.13. The molecule has 2 rings (SSSR count). The second-order valence-corrected chi connectivity index (χ2v) is 7.32. The normalized spacial score (nSPS) is 10.9.